The Hall–Kier alpha value is -3.12. The largest absolute Gasteiger partial charge is 0.497 e. The summed E-state index contributed by atoms with van der Waals surface area (Å²) in [5, 5.41) is 3.42. The molecular formula is C23H24N2O4. The summed E-state index contributed by atoms with van der Waals surface area (Å²) in [6, 6.07) is 15.1. The van der Waals surface area contributed by atoms with E-state index in [-0.39, 0.29) is 22.9 Å². The molecule has 1 N–H and O–H groups in total. The highest BCUT2D eigenvalue weighted by Crippen LogP contribution is 2.17. The molecule has 150 valence electrons. The lowest BCUT2D eigenvalue weighted by atomic mass is 10.0. The predicted octanol–water partition coefficient (Wildman–Crippen LogP) is 3.20. The van der Waals surface area contributed by atoms with Crippen LogP contribution in [-0.4, -0.2) is 37.0 Å². The molecule has 29 heavy (non-hydrogen) atoms. The van der Waals surface area contributed by atoms with Gasteiger partial charge in [0.25, 0.3) is 5.91 Å². The molecule has 1 amide bonds. The van der Waals surface area contributed by atoms with E-state index in [1.165, 1.54) is 11.8 Å². The molecule has 2 aromatic carbocycles. The number of amides is 1. The lowest BCUT2D eigenvalue weighted by molar-refractivity contribution is 0.0906. The first-order valence-corrected chi connectivity index (χ1v) is 9.81. The highest BCUT2D eigenvalue weighted by Gasteiger charge is 2.23. The molecule has 0 aliphatic carbocycles. The second kappa shape index (κ2) is 8.49. The Bertz CT molecular complexity index is 1050. The summed E-state index contributed by atoms with van der Waals surface area (Å²) in [5.74, 6) is 0.492. The van der Waals surface area contributed by atoms with Crippen LogP contribution in [0.5, 0.6) is 5.75 Å². The molecule has 0 bridgehead atoms. The second-order valence-electron chi connectivity index (χ2n) is 7.35. The van der Waals surface area contributed by atoms with Gasteiger partial charge >= 0.3 is 0 Å². The van der Waals surface area contributed by atoms with Gasteiger partial charge < -0.3 is 14.5 Å². The van der Waals surface area contributed by atoms with Crippen LogP contribution in [0.25, 0.3) is 11.0 Å². The summed E-state index contributed by atoms with van der Waals surface area (Å²) in [4.78, 5) is 27.6. The van der Waals surface area contributed by atoms with Crippen molar-refractivity contribution in [1.82, 2.24) is 10.2 Å². The number of nitrogens with one attached hydrogen (secondary N) is 1. The summed E-state index contributed by atoms with van der Waals surface area (Å²) < 4.78 is 10.7. The number of hydrogen-bond acceptors (Lipinski definition) is 5. The number of carbonyl (C=O) groups excluding carboxylic acids is 1. The van der Waals surface area contributed by atoms with E-state index in [0.717, 1.165) is 38.2 Å². The van der Waals surface area contributed by atoms with Crippen molar-refractivity contribution in [2.24, 2.45) is 0 Å². The van der Waals surface area contributed by atoms with Crippen LogP contribution in [0.2, 0.25) is 0 Å². The second-order valence-corrected chi connectivity index (χ2v) is 7.35. The molecule has 0 spiro atoms. The summed E-state index contributed by atoms with van der Waals surface area (Å²) in [6.07, 6.45) is 2.96. The molecule has 2 heterocycles. The molecule has 6 heteroatoms. The number of likely N-dealkylation sites (tertiary alicyclic amines) is 1. The van der Waals surface area contributed by atoms with E-state index >= 15 is 0 Å². The maximum Gasteiger partial charge on any atom is 0.258 e. The number of methoxy groups -OCH3 is 1. The van der Waals surface area contributed by atoms with Gasteiger partial charge in [-0.15, -0.1) is 0 Å². The van der Waals surface area contributed by atoms with Crippen LogP contribution in [-0.2, 0) is 6.54 Å². The fraction of sp³-hybridized carbons (Fsp3) is 0.304. The molecule has 0 saturated carbocycles. The monoisotopic (exact) mass is 392 g/mol. The SMILES string of the molecule is COc1ccc(CN2CCC(NC(=O)c3coc4ccccc4c3=O)CC2)cc1. The Morgan fingerprint density at radius 3 is 2.59 bits per heavy atom. The van der Waals surface area contributed by atoms with Gasteiger partial charge in [-0.1, -0.05) is 24.3 Å². The van der Waals surface area contributed by atoms with Crippen LogP contribution in [0.3, 0.4) is 0 Å². The lowest BCUT2D eigenvalue weighted by Gasteiger charge is -2.32. The van der Waals surface area contributed by atoms with Crippen LogP contribution in [0.15, 0.2) is 64.0 Å². The number of piperidine rings is 1. The third-order valence-corrected chi connectivity index (χ3v) is 5.41. The number of rotatable bonds is 5. The van der Waals surface area contributed by atoms with Crippen molar-refractivity contribution >= 4 is 16.9 Å². The number of benzene rings is 2. The van der Waals surface area contributed by atoms with Crippen LogP contribution >= 0.6 is 0 Å². The van der Waals surface area contributed by atoms with Gasteiger partial charge in [0.1, 0.15) is 23.2 Å². The molecule has 1 fully saturated rings. The molecule has 6 nitrogen and oxygen atoms in total. The van der Waals surface area contributed by atoms with Crippen LogP contribution in [0, 0.1) is 0 Å². The molecule has 0 atom stereocenters. The van der Waals surface area contributed by atoms with Crippen LogP contribution in [0.1, 0.15) is 28.8 Å². The molecule has 0 unspecified atom stereocenters. The first kappa shape index (κ1) is 19.2. The van der Waals surface area contributed by atoms with Crippen molar-refractivity contribution in [3.05, 3.63) is 76.1 Å². The van der Waals surface area contributed by atoms with E-state index in [2.05, 4.69) is 22.3 Å². The van der Waals surface area contributed by atoms with E-state index in [9.17, 15) is 9.59 Å². The van der Waals surface area contributed by atoms with Crippen molar-refractivity contribution < 1.29 is 13.9 Å². The molecular weight excluding hydrogens is 368 g/mol. The molecule has 3 aromatic rings. The van der Waals surface area contributed by atoms with Gasteiger partial charge in [-0.3, -0.25) is 14.5 Å². The topological polar surface area (TPSA) is 71.8 Å². The molecule has 4 rings (SSSR count). The molecule has 1 saturated heterocycles. The number of fused-ring (bicyclic) bond motifs is 1. The maximum atomic E-state index is 12.6. The quantitative estimate of drug-likeness (QED) is 0.722. The normalized spacial score (nSPS) is 15.3. The van der Waals surface area contributed by atoms with E-state index < -0.39 is 0 Å². The van der Waals surface area contributed by atoms with Crippen molar-refractivity contribution in [3.63, 3.8) is 0 Å². The van der Waals surface area contributed by atoms with Crippen LogP contribution in [0.4, 0.5) is 0 Å². The zero-order valence-electron chi connectivity index (χ0n) is 16.4. The van der Waals surface area contributed by atoms with Crippen molar-refractivity contribution in [2.45, 2.75) is 25.4 Å². The fourth-order valence-electron chi connectivity index (χ4n) is 3.72. The fourth-order valence-corrected chi connectivity index (χ4v) is 3.72. The highest BCUT2D eigenvalue weighted by molar-refractivity contribution is 5.96. The van der Waals surface area contributed by atoms with Gasteiger partial charge in [0.2, 0.25) is 5.43 Å². The average molecular weight is 392 g/mol. The van der Waals surface area contributed by atoms with Gasteiger partial charge in [0, 0.05) is 25.7 Å². The minimum absolute atomic E-state index is 0.0560. The first-order chi connectivity index (χ1) is 14.1. The first-order valence-electron chi connectivity index (χ1n) is 9.81. The van der Waals surface area contributed by atoms with E-state index in [1.807, 2.05) is 12.1 Å². The minimum Gasteiger partial charge on any atom is -0.497 e. The Labute approximate surface area is 169 Å². The number of para-hydroxylation sites is 1. The van der Waals surface area contributed by atoms with E-state index in [1.54, 1.807) is 31.4 Å². The number of ether oxygens (including phenoxy) is 1. The van der Waals surface area contributed by atoms with Crippen LogP contribution < -0.4 is 15.5 Å². The summed E-state index contributed by atoms with van der Waals surface area (Å²) >= 11 is 0. The Morgan fingerprint density at radius 1 is 1.14 bits per heavy atom. The van der Waals surface area contributed by atoms with Gasteiger partial charge in [-0.25, -0.2) is 0 Å². The standard InChI is InChI=1S/C23H24N2O4/c1-28-18-8-6-16(7-9-18)14-25-12-10-17(11-13-25)24-23(27)20-15-29-21-5-3-2-4-19(21)22(20)26/h2-9,15,17H,10-14H2,1H3,(H,24,27). The van der Waals surface area contributed by atoms with Gasteiger partial charge in [0.15, 0.2) is 0 Å². The van der Waals surface area contributed by atoms with E-state index in [4.69, 9.17) is 9.15 Å². The molecule has 1 aromatic heterocycles. The summed E-state index contributed by atoms with van der Waals surface area (Å²) in [7, 11) is 1.66. The zero-order chi connectivity index (χ0) is 20.2. The lowest BCUT2D eigenvalue weighted by Crippen LogP contribution is -2.45. The predicted molar refractivity (Wildman–Crippen MR) is 111 cm³/mol. The molecule has 1 aliphatic rings. The van der Waals surface area contributed by atoms with Crippen molar-refractivity contribution in [3.8, 4) is 5.75 Å². The summed E-state index contributed by atoms with van der Waals surface area (Å²) in [5.41, 5.74) is 1.49. The Kier molecular flexibility index (Phi) is 5.62. The minimum atomic E-state index is -0.363. The average Bonchev–Trinajstić information content (AvgIpc) is 2.76. The van der Waals surface area contributed by atoms with Gasteiger partial charge in [-0.2, -0.15) is 0 Å². The van der Waals surface area contributed by atoms with E-state index in [0.29, 0.717) is 11.0 Å². The Morgan fingerprint density at radius 2 is 1.86 bits per heavy atom. The van der Waals surface area contributed by atoms with Crippen molar-refractivity contribution in [2.75, 3.05) is 20.2 Å². The van der Waals surface area contributed by atoms with Gasteiger partial charge in [0.05, 0.1) is 12.5 Å². The number of nitrogens with zero attached hydrogens (tertiary/aromatic N) is 1. The summed E-state index contributed by atoms with van der Waals surface area (Å²) in [6.45, 7) is 2.66. The number of carbonyl (C=O) groups is 1. The van der Waals surface area contributed by atoms with Crippen molar-refractivity contribution in [1.29, 1.82) is 0 Å². The highest BCUT2D eigenvalue weighted by atomic mass is 16.5. The maximum absolute atomic E-state index is 12.6. The third-order valence-electron chi connectivity index (χ3n) is 5.41. The number of hydrogen-bond donors (Lipinski definition) is 1. The smallest absolute Gasteiger partial charge is 0.258 e. The van der Waals surface area contributed by atoms with Gasteiger partial charge in [-0.05, 0) is 42.7 Å². The zero-order valence-corrected chi connectivity index (χ0v) is 16.4. The Balaban J connectivity index is 1.34. The molecule has 1 aliphatic heterocycles. The molecule has 0 radical (unpaired) electrons. The third kappa shape index (κ3) is 4.32.